The van der Waals surface area contributed by atoms with Crippen molar-refractivity contribution in [1.29, 1.82) is 0 Å². The lowest BCUT2D eigenvalue weighted by atomic mass is 10.0. The smallest absolute Gasteiger partial charge is 0.160 e. The van der Waals surface area contributed by atoms with E-state index in [9.17, 15) is 0 Å². The van der Waals surface area contributed by atoms with Crippen molar-refractivity contribution in [2.45, 2.75) is 6.17 Å². The summed E-state index contributed by atoms with van der Waals surface area (Å²) < 4.78 is 15.7. The molecule has 0 amide bonds. The second-order valence-electron chi connectivity index (χ2n) is 14.5. The van der Waals surface area contributed by atoms with E-state index in [2.05, 4.69) is 143 Å². The Kier molecular flexibility index (Phi) is 6.89. The molecule has 4 heterocycles. The van der Waals surface area contributed by atoms with E-state index in [4.69, 9.17) is 18.8 Å². The molecule has 11 aromatic rings. The normalized spacial score (nSPS) is 14.5. The molecule has 3 aromatic heterocycles. The van der Waals surface area contributed by atoms with E-state index in [0.29, 0.717) is 11.7 Å². The summed E-state index contributed by atoms with van der Waals surface area (Å²) in [6.45, 7) is 0. The standard InChI is InChI=1S/C51H32N4O2/c1-3-14-31(15-4-1)33-28-29-42-40(30-33)34-18-7-9-24-41(34)55(42)43-25-12-21-37-46-38(22-13-27-45(46)57-48(37)43)50-52-49(32-16-5-2-6-17-32)53-51(54-50)39-23-11-20-36-35-19-8-10-26-44(35)56-47(36)39/h1-30,49H,(H,52,53,54). The van der Waals surface area contributed by atoms with Crippen molar-refractivity contribution in [3.05, 3.63) is 199 Å². The van der Waals surface area contributed by atoms with E-state index >= 15 is 0 Å². The van der Waals surface area contributed by atoms with E-state index in [1.54, 1.807) is 0 Å². The molecule has 1 aliphatic heterocycles. The van der Waals surface area contributed by atoms with Crippen LogP contribution in [0.2, 0.25) is 0 Å². The van der Waals surface area contributed by atoms with Crippen molar-refractivity contribution >= 4 is 77.4 Å². The maximum absolute atomic E-state index is 6.89. The number of hydrogen-bond donors (Lipinski definition) is 1. The molecule has 1 unspecified atom stereocenters. The number of fused-ring (bicyclic) bond motifs is 9. The average molecular weight is 733 g/mol. The van der Waals surface area contributed by atoms with E-state index in [1.807, 2.05) is 48.5 Å². The molecular formula is C51H32N4O2. The topological polar surface area (TPSA) is 68.0 Å². The SMILES string of the molecule is c1ccc(-c2ccc3c(c2)c2ccccc2n3-c2cccc3c2oc2cccc(C4=NC(c5ccccc5)NC(c5cccc6c5oc5ccccc56)=N4)c23)cc1. The van der Waals surface area contributed by atoms with Gasteiger partial charge in [-0.1, -0.05) is 140 Å². The van der Waals surface area contributed by atoms with Crippen molar-refractivity contribution in [1.82, 2.24) is 9.88 Å². The first kappa shape index (κ1) is 31.6. The lowest BCUT2D eigenvalue weighted by molar-refractivity contribution is 0.659. The zero-order valence-corrected chi connectivity index (χ0v) is 30.6. The molecule has 268 valence electrons. The summed E-state index contributed by atoms with van der Waals surface area (Å²) in [5, 5.41) is 10.1. The average Bonchev–Trinajstić information content (AvgIpc) is 3.96. The number of nitrogens with zero attached hydrogens (tertiary/aromatic N) is 3. The van der Waals surface area contributed by atoms with Gasteiger partial charge in [0.2, 0.25) is 0 Å². The minimum absolute atomic E-state index is 0.379. The van der Waals surface area contributed by atoms with Crippen LogP contribution in [-0.2, 0) is 0 Å². The summed E-state index contributed by atoms with van der Waals surface area (Å²) in [5.74, 6) is 1.32. The van der Waals surface area contributed by atoms with Gasteiger partial charge in [0.1, 0.15) is 28.8 Å². The molecule has 6 nitrogen and oxygen atoms in total. The number of aromatic nitrogens is 1. The quantitative estimate of drug-likeness (QED) is 0.192. The van der Waals surface area contributed by atoms with Crippen LogP contribution in [0.3, 0.4) is 0 Å². The Balaban J connectivity index is 1.07. The third-order valence-electron chi connectivity index (χ3n) is 11.3. The van der Waals surface area contributed by atoms with E-state index in [1.165, 1.54) is 21.9 Å². The summed E-state index contributed by atoms with van der Waals surface area (Å²) in [5.41, 5.74) is 11.6. The fraction of sp³-hybridized carbons (Fsp3) is 0.0196. The number of benzene rings is 8. The van der Waals surface area contributed by atoms with Crippen molar-refractivity contribution in [2.24, 2.45) is 9.98 Å². The molecule has 0 bridgehead atoms. The Hall–Kier alpha value is -7.70. The van der Waals surface area contributed by atoms with E-state index < -0.39 is 0 Å². The third kappa shape index (κ3) is 4.90. The van der Waals surface area contributed by atoms with Gasteiger partial charge in [0.05, 0.1) is 22.3 Å². The molecule has 6 heteroatoms. The maximum Gasteiger partial charge on any atom is 0.160 e. The number of furan rings is 2. The molecule has 1 atom stereocenters. The number of nitrogens with one attached hydrogen (secondary N) is 1. The summed E-state index contributed by atoms with van der Waals surface area (Å²) >= 11 is 0. The summed E-state index contributed by atoms with van der Waals surface area (Å²) in [6, 6.07) is 63.2. The van der Waals surface area contributed by atoms with Gasteiger partial charge in [-0.15, -0.1) is 0 Å². The Bertz CT molecular complexity index is 3440. The predicted molar refractivity (Wildman–Crippen MR) is 233 cm³/mol. The molecule has 0 spiro atoms. The highest BCUT2D eigenvalue weighted by molar-refractivity contribution is 6.24. The molecule has 0 fully saturated rings. The second kappa shape index (κ2) is 12.4. The number of rotatable bonds is 5. The van der Waals surface area contributed by atoms with Crippen molar-refractivity contribution in [3.8, 4) is 16.8 Å². The minimum atomic E-state index is -0.379. The van der Waals surface area contributed by atoms with Crippen LogP contribution in [0.1, 0.15) is 22.9 Å². The fourth-order valence-corrected chi connectivity index (χ4v) is 8.68. The lowest BCUT2D eigenvalue weighted by Crippen LogP contribution is -2.33. The lowest BCUT2D eigenvalue weighted by Gasteiger charge is -2.24. The van der Waals surface area contributed by atoms with Gasteiger partial charge in [-0.2, -0.15) is 0 Å². The van der Waals surface area contributed by atoms with Crippen LogP contribution < -0.4 is 5.32 Å². The number of hydrogen-bond acceptors (Lipinski definition) is 5. The first-order valence-corrected chi connectivity index (χ1v) is 19.2. The Morgan fingerprint density at radius 3 is 2.04 bits per heavy atom. The molecule has 1 aliphatic rings. The van der Waals surface area contributed by atoms with Crippen LogP contribution in [0.15, 0.2) is 201 Å². The van der Waals surface area contributed by atoms with Crippen LogP contribution in [0.25, 0.3) is 82.5 Å². The Morgan fingerprint density at radius 2 is 1.14 bits per heavy atom. The summed E-state index contributed by atoms with van der Waals surface area (Å²) in [4.78, 5) is 10.6. The van der Waals surface area contributed by atoms with Gasteiger partial charge in [0.25, 0.3) is 0 Å². The maximum atomic E-state index is 6.89. The van der Waals surface area contributed by atoms with Crippen LogP contribution in [-0.4, -0.2) is 16.2 Å². The largest absolute Gasteiger partial charge is 0.455 e. The highest BCUT2D eigenvalue weighted by atomic mass is 16.3. The monoisotopic (exact) mass is 732 g/mol. The molecule has 0 radical (unpaired) electrons. The zero-order chi connectivity index (χ0) is 37.5. The summed E-state index contributed by atoms with van der Waals surface area (Å²) in [6.07, 6.45) is -0.379. The van der Waals surface area contributed by atoms with Crippen LogP contribution >= 0.6 is 0 Å². The molecule has 12 rings (SSSR count). The number of aliphatic imine (C=N–C) groups is 2. The molecule has 0 saturated carbocycles. The van der Waals surface area contributed by atoms with Crippen LogP contribution in [0, 0.1) is 0 Å². The van der Waals surface area contributed by atoms with Crippen molar-refractivity contribution in [3.63, 3.8) is 0 Å². The highest BCUT2D eigenvalue weighted by Crippen LogP contribution is 2.41. The Morgan fingerprint density at radius 1 is 0.474 bits per heavy atom. The molecule has 0 saturated heterocycles. The van der Waals surface area contributed by atoms with Crippen LogP contribution in [0.4, 0.5) is 0 Å². The van der Waals surface area contributed by atoms with Gasteiger partial charge in [0.15, 0.2) is 11.4 Å². The molecule has 8 aromatic carbocycles. The minimum Gasteiger partial charge on any atom is -0.455 e. The molecule has 57 heavy (non-hydrogen) atoms. The first-order valence-electron chi connectivity index (χ1n) is 19.2. The van der Waals surface area contributed by atoms with Crippen LogP contribution in [0.5, 0.6) is 0 Å². The van der Waals surface area contributed by atoms with Gasteiger partial charge >= 0.3 is 0 Å². The first-order chi connectivity index (χ1) is 28.3. The van der Waals surface area contributed by atoms with Gasteiger partial charge in [-0.25, -0.2) is 9.98 Å². The predicted octanol–water partition coefficient (Wildman–Crippen LogP) is 12.7. The van der Waals surface area contributed by atoms with Gasteiger partial charge in [-0.05, 0) is 59.2 Å². The fourth-order valence-electron chi connectivity index (χ4n) is 8.68. The molecular weight excluding hydrogens is 701 g/mol. The third-order valence-corrected chi connectivity index (χ3v) is 11.3. The van der Waals surface area contributed by atoms with Gasteiger partial charge in [-0.3, -0.25) is 0 Å². The second-order valence-corrected chi connectivity index (χ2v) is 14.5. The van der Waals surface area contributed by atoms with E-state index in [-0.39, 0.29) is 6.17 Å². The van der Waals surface area contributed by atoms with Gasteiger partial charge in [0, 0.05) is 37.9 Å². The number of amidine groups is 2. The molecule has 1 N–H and O–H groups in total. The van der Waals surface area contributed by atoms with Gasteiger partial charge < -0.3 is 18.7 Å². The highest BCUT2D eigenvalue weighted by Gasteiger charge is 2.26. The zero-order valence-electron chi connectivity index (χ0n) is 30.6. The van der Waals surface area contributed by atoms with E-state index in [0.717, 1.165) is 77.3 Å². The number of para-hydroxylation sites is 4. The van der Waals surface area contributed by atoms with Crippen molar-refractivity contribution < 1.29 is 8.83 Å². The molecule has 0 aliphatic carbocycles. The van der Waals surface area contributed by atoms with Crippen molar-refractivity contribution in [2.75, 3.05) is 0 Å². The Labute approximate surface area is 326 Å². The summed E-state index contributed by atoms with van der Waals surface area (Å²) in [7, 11) is 0.